The third kappa shape index (κ3) is 19.7. The summed E-state index contributed by atoms with van der Waals surface area (Å²) in [6.07, 6.45) is 15.5. The lowest BCUT2D eigenvalue weighted by Crippen LogP contribution is -2.24. The summed E-state index contributed by atoms with van der Waals surface area (Å²) in [5.41, 5.74) is 1.30. The molecule has 0 fully saturated rings. The molecule has 24 heavy (non-hydrogen) atoms. The van der Waals surface area contributed by atoms with Crippen molar-refractivity contribution in [2.75, 3.05) is 12.5 Å². The summed E-state index contributed by atoms with van der Waals surface area (Å²) in [5, 5.41) is 22.5. The van der Waals surface area contributed by atoms with Crippen LogP contribution in [0.1, 0.15) is 59.3 Å². The molecule has 0 saturated carbocycles. The summed E-state index contributed by atoms with van der Waals surface area (Å²) in [5.74, 6) is -0.845. The fraction of sp³-hybridized carbons (Fsp3) is 0.667. The largest absolute Gasteiger partial charge is 0.366 e. The molecule has 0 aliphatic carbocycles. The van der Waals surface area contributed by atoms with Crippen LogP contribution in [0.5, 0.6) is 0 Å². The highest BCUT2D eigenvalue weighted by molar-refractivity contribution is 7.92. The van der Waals surface area contributed by atoms with Crippen molar-refractivity contribution in [1.29, 1.82) is 0 Å². The predicted molar refractivity (Wildman–Crippen MR) is 107 cm³/mol. The van der Waals surface area contributed by atoms with Gasteiger partial charge in [0.15, 0.2) is 5.79 Å². The molecule has 0 spiro atoms. The second-order valence-corrected chi connectivity index (χ2v) is 5.97. The highest BCUT2D eigenvalue weighted by atomic mass is 35.5. The van der Waals surface area contributed by atoms with Crippen LogP contribution in [0.3, 0.4) is 0 Å². The molecule has 0 aliphatic heterocycles. The number of aliphatic hydroxyl groups is 2. The smallest absolute Gasteiger partial charge is 0.161 e. The maximum absolute atomic E-state index is 8.69. The monoisotopic (exact) mass is 379 g/mol. The van der Waals surface area contributed by atoms with Crippen LogP contribution in [-0.2, 0) is 4.18 Å². The highest BCUT2D eigenvalue weighted by Gasteiger charge is 2.15. The Morgan fingerprint density at radius 2 is 1.83 bits per heavy atom. The van der Waals surface area contributed by atoms with Crippen molar-refractivity contribution in [3.8, 4) is 0 Å². The molecule has 0 saturated heterocycles. The first-order valence-electron chi connectivity index (χ1n) is 8.44. The van der Waals surface area contributed by atoms with Gasteiger partial charge in [0, 0.05) is 5.88 Å². The van der Waals surface area contributed by atoms with E-state index in [4.69, 9.17) is 31.1 Å². The van der Waals surface area contributed by atoms with Gasteiger partial charge < -0.3 is 14.4 Å². The first kappa shape index (κ1) is 25.9. The number of rotatable bonds is 12. The van der Waals surface area contributed by atoms with Gasteiger partial charge >= 0.3 is 0 Å². The van der Waals surface area contributed by atoms with Gasteiger partial charge in [0.2, 0.25) is 0 Å². The molecule has 0 aromatic rings. The van der Waals surface area contributed by atoms with Crippen molar-refractivity contribution in [3.63, 3.8) is 0 Å². The fourth-order valence-electron chi connectivity index (χ4n) is 1.61. The molecule has 0 heterocycles. The molecular formula is C18H34ClNO3S. The Kier molecular flexibility index (Phi) is 20.6. The van der Waals surface area contributed by atoms with E-state index >= 15 is 0 Å². The van der Waals surface area contributed by atoms with Gasteiger partial charge in [-0.05, 0) is 39.0 Å². The number of halogens is 1. The van der Waals surface area contributed by atoms with Gasteiger partial charge in [0.25, 0.3) is 0 Å². The topological polar surface area (TPSA) is 75.7 Å². The lowest BCUT2D eigenvalue weighted by atomic mass is 10.1. The Balaban J connectivity index is 0. The zero-order valence-electron chi connectivity index (χ0n) is 15.2. The van der Waals surface area contributed by atoms with Crippen LogP contribution in [0.2, 0.25) is 0 Å². The van der Waals surface area contributed by atoms with Gasteiger partial charge in [0.05, 0.1) is 18.8 Å². The summed E-state index contributed by atoms with van der Waals surface area (Å²) in [6.45, 7) is 6.21. The summed E-state index contributed by atoms with van der Waals surface area (Å²) >= 11 is 6.67. The van der Waals surface area contributed by atoms with Crippen molar-refractivity contribution >= 4 is 23.8 Å². The molecule has 0 unspecified atom stereocenters. The fourth-order valence-corrected chi connectivity index (χ4v) is 2.02. The molecule has 142 valence electrons. The maximum Gasteiger partial charge on any atom is 0.161 e. The van der Waals surface area contributed by atoms with Crippen molar-refractivity contribution in [2.45, 2.75) is 65.1 Å². The van der Waals surface area contributed by atoms with Gasteiger partial charge in [-0.2, -0.15) is 0 Å². The summed E-state index contributed by atoms with van der Waals surface area (Å²) in [6, 6.07) is 0. The van der Waals surface area contributed by atoms with Crippen molar-refractivity contribution in [1.82, 2.24) is 0 Å². The van der Waals surface area contributed by atoms with E-state index < -0.39 is 5.79 Å². The summed E-state index contributed by atoms with van der Waals surface area (Å²) < 4.78 is 5.00. The van der Waals surface area contributed by atoms with Crippen LogP contribution in [-0.4, -0.2) is 28.5 Å². The number of hydrogen-bond donors (Lipinski definition) is 3. The molecule has 4 nitrogen and oxygen atoms in total. The Bertz CT molecular complexity index is 352. The SMILES string of the molecule is CCC(O)(O)CC.C\C=C/C=C\C(=C\CCl)CCCCCOSN. The van der Waals surface area contributed by atoms with Gasteiger partial charge in [-0.1, -0.05) is 56.2 Å². The minimum atomic E-state index is -1.42. The predicted octanol–water partition coefficient (Wildman–Crippen LogP) is 4.87. The van der Waals surface area contributed by atoms with Crippen LogP contribution in [0.25, 0.3) is 0 Å². The van der Waals surface area contributed by atoms with Gasteiger partial charge in [-0.25, -0.2) is 0 Å². The first-order chi connectivity index (χ1) is 11.5. The van der Waals surface area contributed by atoms with E-state index in [0.29, 0.717) is 18.7 Å². The Labute approximate surface area is 157 Å². The van der Waals surface area contributed by atoms with E-state index in [9.17, 15) is 0 Å². The van der Waals surface area contributed by atoms with Crippen molar-refractivity contribution in [2.24, 2.45) is 5.14 Å². The van der Waals surface area contributed by atoms with Crippen molar-refractivity contribution in [3.05, 3.63) is 36.0 Å². The zero-order valence-corrected chi connectivity index (χ0v) is 16.8. The second kappa shape index (κ2) is 19.0. The van der Waals surface area contributed by atoms with Crippen LogP contribution < -0.4 is 5.14 Å². The number of alkyl halides is 1. The number of unbranched alkanes of at least 4 members (excludes halogenated alkanes) is 2. The second-order valence-electron chi connectivity index (χ2n) is 5.24. The average Bonchev–Trinajstić information content (AvgIpc) is 2.58. The normalized spacial score (nSPS) is 12.7. The number of hydrogen-bond acceptors (Lipinski definition) is 5. The maximum atomic E-state index is 8.69. The molecule has 4 N–H and O–H groups in total. The number of allylic oxidation sites excluding steroid dienone is 6. The summed E-state index contributed by atoms with van der Waals surface area (Å²) in [4.78, 5) is 0. The Morgan fingerprint density at radius 1 is 1.17 bits per heavy atom. The number of nitrogens with two attached hydrogens (primary N) is 1. The third-order valence-electron chi connectivity index (χ3n) is 3.35. The quantitative estimate of drug-likeness (QED) is 0.113. The van der Waals surface area contributed by atoms with Crippen LogP contribution in [0.15, 0.2) is 36.0 Å². The molecule has 0 aromatic carbocycles. The van der Waals surface area contributed by atoms with Gasteiger partial charge in [-0.3, -0.25) is 5.14 Å². The first-order valence-corrected chi connectivity index (χ1v) is 9.78. The molecule has 0 aromatic heterocycles. The van der Waals surface area contributed by atoms with E-state index in [-0.39, 0.29) is 0 Å². The minimum absolute atomic E-state index is 0.406. The van der Waals surface area contributed by atoms with Gasteiger partial charge in [0.1, 0.15) is 0 Å². The standard InChI is InChI=1S/C13H22ClNOS.C5H12O2/c1-2-3-5-8-13(10-11-14)9-6-4-7-12-16-17-15;1-3-5(6,7)4-2/h2-3,5,8,10H,4,6-7,9,11-12,15H2,1H3;6-7H,3-4H2,1-2H3/b3-2-,8-5-,13-10-;. The Hall–Kier alpha value is -0.300. The van der Waals surface area contributed by atoms with E-state index in [2.05, 4.69) is 12.2 Å². The molecule has 0 radical (unpaired) electrons. The lowest BCUT2D eigenvalue weighted by molar-refractivity contribution is -0.163. The Morgan fingerprint density at radius 3 is 2.29 bits per heavy atom. The molecule has 0 atom stereocenters. The van der Waals surface area contributed by atoms with Gasteiger partial charge in [-0.15, -0.1) is 11.6 Å². The summed E-state index contributed by atoms with van der Waals surface area (Å²) in [7, 11) is 0. The van der Waals surface area contributed by atoms with Crippen LogP contribution in [0.4, 0.5) is 0 Å². The van der Waals surface area contributed by atoms with E-state index in [1.54, 1.807) is 13.8 Å². The molecular weight excluding hydrogens is 346 g/mol. The van der Waals surface area contributed by atoms with E-state index in [1.807, 2.05) is 25.2 Å². The highest BCUT2D eigenvalue weighted by Crippen LogP contribution is 2.11. The average molecular weight is 380 g/mol. The lowest BCUT2D eigenvalue weighted by Gasteiger charge is -2.15. The van der Waals surface area contributed by atoms with Crippen molar-refractivity contribution < 1.29 is 14.4 Å². The van der Waals surface area contributed by atoms with E-state index in [1.165, 1.54) is 5.57 Å². The third-order valence-corrected chi connectivity index (χ3v) is 3.80. The molecule has 0 amide bonds. The van der Waals surface area contributed by atoms with Crippen LogP contribution >= 0.6 is 23.8 Å². The minimum Gasteiger partial charge on any atom is -0.366 e. The van der Waals surface area contributed by atoms with E-state index in [0.717, 1.165) is 44.5 Å². The molecule has 6 heteroatoms. The molecule has 0 bridgehead atoms. The zero-order chi connectivity index (χ0) is 18.7. The molecule has 0 aliphatic rings. The van der Waals surface area contributed by atoms with Crippen LogP contribution in [0, 0.1) is 0 Å². The molecule has 0 rings (SSSR count).